The molecule has 1 N–H and O–H groups in total. The van der Waals surface area contributed by atoms with Crippen LogP contribution in [0.2, 0.25) is 0 Å². The van der Waals surface area contributed by atoms with E-state index in [4.69, 9.17) is 5.41 Å². The third-order valence-electron chi connectivity index (χ3n) is 3.47. The highest BCUT2D eigenvalue weighted by Gasteiger charge is 2.34. The van der Waals surface area contributed by atoms with Crippen LogP contribution < -0.4 is 0 Å². The highest BCUT2D eigenvalue weighted by molar-refractivity contribution is 8.13. The van der Waals surface area contributed by atoms with Gasteiger partial charge >= 0.3 is 0 Å². The van der Waals surface area contributed by atoms with Gasteiger partial charge in [0.2, 0.25) is 0 Å². The molecule has 0 aromatic heterocycles. The number of nitrogens with zero attached hydrogens (tertiary/aromatic N) is 1. The Morgan fingerprint density at radius 3 is 2.60 bits per heavy atom. The van der Waals surface area contributed by atoms with Crippen LogP contribution in [0.25, 0.3) is 0 Å². The lowest BCUT2D eigenvalue weighted by Crippen LogP contribution is -2.49. The molecule has 86 valence electrons. The van der Waals surface area contributed by atoms with Crippen molar-refractivity contribution < 1.29 is 0 Å². The second kappa shape index (κ2) is 4.36. The van der Waals surface area contributed by atoms with Crippen molar-refractivity contribution in [2.45, 2.75) is 52.0 Å². The van der Waals surface area contributed by atoms with E-state index >= 15 is 0 Å². The summed E-state index contributed by atoms with van der Waals surface area (Å²) < 4.78 is 0. The summed E-state index contributed by atoms with van der Waals surface area (Å²) in [6, 6.07) is 0.665. The first kappa shape index (κ1) is 11.3. The molecule has 3 heteroatoms. The van der Waals surface area contributed by atoms with Gasteiger partial charge in [0.1, 0.15) is 0 Å². The molecule has 0 aromatic rings. The summed E-state index contributed by atoms with van der Waals surface area (Å²) >= 11 is 1.74. The first-order valence-corrected chi connectivity index (χ1v) is 7.05. The molecule has 0 bridgehead atoms. The second-order valence-corrected chi connectivity index (χ2v) is 6.64. The van der Waals surface area contributed by atoms with Crippen molar-refractivity contribution in [1.29, 1.82) is 5.41 Å². The molecule has 15 heavy (non-hydrogen) atoms. The van der Waals surface area contributed by atoms with Crippen molar-refractivity contribution in [1.82, 2.24) is 4.90 Å². The van der Waals surface area contributed by atoms with Crippen molar-refractivity contribution in [2.75, 3.05) is 12.3 Å². The largest absolute Gasteiger partial charge is 0.348 e. The van der Waals surface area contributed by atoms with Crippen LogP contribution in [0.3, 0.4) is 0 Å². The summed E-state index contributed by atoms with van der Waals surface area (Å²) in [7, 11) is 0. The highest BCUT2D eigenvalue weighted by atomic mass is 32.2. The van der Waals surface area contributed by atoms with Crippen molar-refractivity contribution in [2.24, 2.45) is 5.41 Å². The molecule has 1 heterocycles. The fourth-order valence-electron chi connectivity index (χ4n) is 2.61. The van der Waals surface area contributed by atoms with Crippen molar-refractivity contribution in [3.8, 4) is 0 Å². The molecule has 0 radical (unpaired) electrons. The summed E-state index contributed by atoms with van der Waals surface area (Å²) in [4.78, 5) is 2.37. The predicted octanol–water partition coefficient (Wildman–Crippen LogP) is 3.33. The molecule has 0 spiro atoms. The Labute approximate surface area is 97.3 Å². The summed E-state index contributed by atoms with van der Waals surface area (Å²) in [6.07, 6.45) is 6.73. The van der Waals surface area contributed by atoms with Crippen LogP contribution in [0.15, 0.2) is 0 Å². The molecule has 0 aromatic carbocycles. The molecule has 0 unspecified atom stereocenters. The normalized spacial score (nSPS) is 28.1. The van der Waals surface area contributed by atoms with Gasteiger partial charge in [-0.3, -0.25) is 5.41 Å². The molecule has 1 aliphatic carbocycles. The van der Waals surface area contributed by atoms with Crippen LogP contribution in [0.1, 0.15) is 46.0 Å². The minimum Gasteiger partial charge on any atom is -0.348 e. The minimum atomic E-state index is 0.382. The lowest BCUT2D eigenvalue weighted by atomic mass is 9.90. The standard InChI is InChI=1S/C12H22N2S/c1-12(2)8-14(11(13)15-9-12)10-6-4-3-5-7-10/h10,13H,3-9H2,1-2H3. The van der Waals surface area contributed by atoms with E-state index < -0.39 is 0 Å². The molecule has 0 atom stereocenters. The van der Waals surface area contributed by atoms with E-state index in [9.17, 15) is 0 Å². The van der Waals surface area contributed by atoms with Gasteiger partial charge in [0.05, 0.1) is 0 Å². The zero-order valence-electron chi connectivity index (χ0n) is 9.88. The quantitative estimate of drug-likeness (QED) is 0.742. The summed E-state index contributed by atoms with van der Waals surface area (Å²) in [6.45, 7) is 5.73. The summed E-state index contributed by atoms with van der Waals surface area (Å²) in [5.74, 6) is 1.11. The Morgan fingerprint density at radius 2 is 1.93 bits per heavy atom. The third-order valence-corrected chi connectivity index (χ3v) is 4.91. The van der Waals surface area contributed by atoms with E-state index in [0.717, 1.165) is 17.5 Å². The SMILES string of the molecule is CC1(C)CSC(=N)N(C2CCCCC2)C1. The topological polar surface area (TPSA) is 27.1 Å². The Hall–Kier alpha value is -0.180. The molecule has 1 saturated carbocycles. The number of hydrogen-bond acceptors (Lipinski definition) is 2. The van der Waals surface area contributed by atoms with Gasteiger partial charge in [0.15, 0.2) is 5.17 Å². The first-order chi connectivity index (χ1) is 7.08. The third kappa shape index (κ3) is 2.68. The van der Waals surface area contributed by atoms with Crippen LogP contribution in [-0.4, -0.2) is 28.4 Å². The van der Waals surface area contributed by atoms with Crippen molar-refractivity contribution in [3.63, 3.8) is 0 Å². The average molecular weight is 226 g/mol. The van der Waals surface area contributed by atoms with Crippen molar-refractivity contribution >= 4 is 16.9 Å². The Bertz CT molecular complexity index is 244. The number of amidine groups is 1. The molecular weight excluding hydrogens is 204 g/mol. The maximum atomic E-state index is 8.05. The van der Waals surface area contributed by atoms with E-state index in [1.54, 1.807) is 11.8 Å². The number of rotatable bonds is 1. The van der Waals surface area contributed by atoms with Gasteiger partial charge in [0, 0.05) is 18.3 Å². The average Bonchev–Trinajstić information content (AvgIpc) is 2.23. The monoisotopic (exact) mass is 226 g/mol. The van der Waals surface area contributed by atoms with Gasteiger partial charge in [0.25, 0.3) is 0 Å². The molecular formula is C12H22N2S. The number of nitrogens with one attached hydrogen (secondary N) is 1. The summed E-state index contributed by atoms with van der Waals surface area (Å²) in [5.41, 5.74) is 0.382. The zero-order valence-corrected chi connectivity index (χ0v) is 10.7. The second-order valence-electron chi connectivity index (χ2n) is 5.68. The smallest absolute Gasteiger partial charge is 0.156 e. The fraction of sp³-hybridized carbons (Fsp3) is 0.917. The van der Waals surface area contributed by atoms with E-state index in [-0.39, 0.29) is 0 Å². The van der Waals surface area contributed by atoms with Gasteiger partial charge in [-0.05, 0) is 18.3 Å². The maximum absolute atomic E-state index is 8.05. The molecule has 2 nitrogen and oxygen atoms in total. The van der Waals surface area contributed by atoms with E-state index in [2.05, 4.69) is 18.7 Å². The van der Waals surface area contributed by atoms with Gasteiger partial charge in [-0.1, -0.05) is 44.9 Å². The Kier molecular flexibility index (Phi) is 3.29. The van der Waals surface area contributed by atoms with Crippen LogP contribution in [0.4, 0.5) is 0 Å². The maximum Gasteiger partial charge on any atom is 0.156 e. The number of thioether (sulfide) groups is 1. The molecule has 1 aliphatic heterocycles. The Morgan fingerprint density at radius 1 is 1.27 bits per heavy atom. The van der Waals surface area contributed by atoms with Gasteiger partial charge in [-0.2, -0.15) is 0 Å². The molecule has 0 amide bonds. The molecule has 1 saturated heterocycles. The predicted molar refractivity (Wildman–Crippen MR) is 67.5 cm³/mol. The van der Waals surface area contributed by atoms with Crippen LogP contribution in [-0.2, 0) is 0 Å². The van der Waals surface area contributed by atoms with E-state index in [1.165, 1.54) is 32.1 Å². The van der Waals surface area contributed by atoms with Crippen LogP contribution >= 0.6 is 11.8 Å². The van der Waals surface area contributed by atoms with E-state index in [1.807, 2.05) is 0 Å². The van der Waals surface area contributed by atoms with Gasteiger partial charge in [-0.25, -0.2) is 0 Å². The molecule has 2 fully saturated rings. The molecule has 2 aliphatic rings. The lowest BCUT2D eigenvalue weighted by Gasteiger charge is -2.44. The van der Waals surface area contributed by atoms with Crippen molar-refractivity contribution in [3.05, 3.63) is 0 Å². The zero-order chi connectivity index (χ0) is 10.9. The lowest BCUT2D eigenvalue weighted by molar-refractivity contribution is 0.186. The van der Waals surface area contributed by atoms with Gasteiger partial charge in [-0.15, -0.1) is 0 Å². The first-order valence-electron chi connectivity index (χ1n) is 6.06. The fourth-order valence-corrected chi connectivity index (χ4v) is 3.61. The Balaban J connectivity index is 2.01. The van der Waals surface area contributed by atoms with Crippen LogP contribution in [0, 0.1) is 10.8 Å². The number of hydrogen-bond donors (Lipinski definition) is 1. The minimum absolute atomic E-state index is 0.382. The summed E-state index contributed by atoms with van der Waals surface area (Å²) in [5, 5.41) is 8.87. The van der Waals surface area contributed by atoms with Crippen LogP contribution in [0.5, 0.6) is 0 Å². The highest BCUT2D eigenvalue weighted by Crippen LogP contribution is 2.34. The van der Waals surface area contributed by atoms with E-state index in [0.29, 0.717) is 11.5 Å². The van der Waals surface area contributed by atoms with Gasteiger partial charge < -0.3 is 4.90 Å². The molecule has 2 rings (SSSR count).